The summed E-state index contributed by atoms with van der Waals surface area (Å²) in [6.45, 7) is 10.0. The van der Waals surface area contributed by atoms with Crippen LogP contribution in [0.3, 0.4) is 0 Å². The van der Waals surface area contributed by atoms with Crippen molar-refractivity contribution in [2.24, 2.45) is 0 Å². The van der Waals surface area contributed by atoms with Gasteiger partial charge >= 0.3 is 0 Å². The van der Waals surface area contributed by atoms with E-state index in [4.69, 9.17) is 0 Å². The van der Waals surface area contributed by atoms with E-state index < -0.39 is 0 Å². The average Bonchev–Trinajstić information content (AvgIpc) is 1.01. The molecule has 0 heterocycles. The lowest BCUT2D eigenvalue weighted by molar-refractivity contribution is 1.26. The van der Waals surface area contributed by atoms with Crippen LogP contribution < -0.4 is 0 Å². The first kappa shape index (κ1) is 54.2. The number of hydrogen-bond donors (Lipinski definition) is 0. The van der Waals surface area contributed by atoms with Gasteiger partial charge in [-0.05, 0) is 310 Å². The Hall–Kier alpha value is -11.2. The summed E-state index contributed by atoms with van der Waals surface area (Å²) in [5.41, 5.74) is 53.9. The van der Waals surface area contributed by atoms with Crippen LogP contribution in [-0.2, 0) is 38.5 Å². The van der Waals surface area contributed by atoms with Crippen molar-refractivity contribution in [2.75, 3.05) is 0 Å². The van der Waals surface area contributed by atoms with Gasteiger partial charge in [0.15, 0.2) is 0 Å². The van der Waals surface area contributed by atoms with Crippen molar-refractivity contribution in [1.82, 2.24) is 0 Å². The van der Waals surface area contributed by atoms with Crippen molar-refractivity contribution < 1.29 is 0 Å². The Labute approximate surface area is 561 Å². The monoisotopic (exact) mass is 1220 g/mol. The van der Waals surface area contributed by atoms with E-state index in [0.29, 0.717) is 0 Å². The Morgan fingerprint density at radius 3 is 0.500 bits per heavy atom. The van der Waals surface area contributed by atoms with Gasteiger partial charge in [0.25, 0.3) is 0 Å². The molecule has 0 radical (unpaired) electrons. The zero-order valence-electron chi connectivity index (χ0n) is 54.5. The predicted molar refractivity (Wildman–Crippen MR) is 402 cm³/mol. The fourth-order valence-corrected chi connectivity index (χ4v) is 19.3. The summed E-state index contributed by atoms with van der Waals surface area (Å²) in [6.07, 6.45) is 5.51. The third-order valence-corrected chi connectivity index (χ3v) is 23.5. The van der Waals surface area contributed by atoms with Crippen molar-refractivity contribution in [3.05, 3.63) is 344 Å². The Bertz CT molecular complexity index is 5410. The Balaban J connectivity index is 0.942. The first-order chi connectivity index (χ1) is 47.2. The zero-order chi connectivity index (χ0) is 63.3. The molecule has 15 aromatic carbocycles. The summed E-state index contributed by atoms with van der Waals surface area (Å²) in [6, 6.07) is 99.5. The van der Waals surface area contributed by atoms with Gasteiger partial charge in [-0.2, -0.15) is 0 Å². The summed E-state index contributed by atoms with van der Waals surface area (Å²) < 4.78 is 0. The topological polar surface area (TPSA) is 0 Å². The maximum atomic E-state index is 2.61. The maximum absolute atomic E-state index is 2.61. The summed E-state index contributed by atoms with van der Waals surface area (Å²) in [5.74, 6) is 0. The molecule has 0 saturated carbocycles. The summed E-state index contributed by atoms with van der Waals surface area (Å²) in [4.78, 5) is 0. The highest BCUT2D eigenvalue weighted by molar-refractivity contribution is 6.29. The molecule has 15 aromatic rings. The smallest absolute Gasteiger partial charge is 0.00132 e. The van der Waals surface area contributed by atoms with Gasteiger partial charge in [-0.3, -0.25) is 0 Å². The first-order valence-electron chi connectivity index (χ1n) is 34.6. The highest BCUT2D eigenvalue weighted by atomic mass is 14.4. The highest BCUT2D eigenvalue weighted by Crippen LogP contribution is 2.59. The van der Waals surface area contributed by atoms with Crippen LogP contribution in [0.25, 0.3) is 155 Å². The minimum Gasteiger partial charge on any atom is -0.0619 e. The number of benzene rings is 15. The minimum absolute atomic E-state index is 0.908. The summed E-state index contributed by atoms with van der Waals surface area (Å²) in [5, 5.41) is 5.36. The zero-order valence-corrected chi connectivity index (χ0v) is 54.5. The van der Waals surface area contributed by atoms with Gasteiger partial charge in [-0.15, -0.1) is 0 Å². The van der Waals surface area contributed by atoms with Crippen LogP contribution in [-0.4, -0.2) is 0 Å². The molecule has 450 valence electrons. The molecule has 0 fully saturated rings. The van der Waals surface area contributed by atoms with E-state index in [2.05, 4.69) is 282 Å². The summed E-state index contributed by atoms with van der Waals surface area (Å²) in [7, 11) is 0. The molecule has 0 nitrogen and oxygen atoms in total. The van der Waals surface area contributed by atoms with E-state index in [-0.39, 0.29) is 0 Å². The van der Waals surface area contributed by atoms with Crippen LogP contribution in [0.1, 0.15) is 89.0 Å². The van der Waals surface area contributed by atoms with Crippen molar-refractivity contribution in [3.8, 4) is 134 Å². The van der Waals surface area contributed by atoms with Gasteiger partial charge in [-0.1, -0.05) is 255 Å². The molecule has 0 amide bonds. The number of fused-ring (bicyclic) bond motifs is 20. The molecule has 21 rings (SSSR count). The lowest BCUT2D eigenvalue weighted by Gasteiger charge is -2.30. The molecule has 0 unspecified atom stereocenters. The fourth-order valence-electron chi connectivity index (χ4n) is 19.3. The highest BCUT2D eigenvalue weighted by Gasteiger charge is 2.34. The maximum Gasteiger partial charge on any atom is -0.00132 e. The normalized spacial score (nSPS) is 13.4. The van der Waals surface area contributed by atoms with E-state index >= 15 is 0 Å². The van der Waals surface area contributed by atoms with Crippen LogP contribution in [0.5, 0.6) is 0 Å². The Morgan fingerprint density at radius 2 is 0.312 bits per heavy atom. The number of hydrogen-bond acceptors (Lipinski definition) is 0. The summed E-state index contributed by atoms with van der Waals surface area (Å²) >= 11 is 0. The number of rotatable bonds is 6. The van der Waals surface area contributed by atoms with Crippen LogP contribution >= 0.6 is 0 Å². The largest absolute Gasteiger partial charge is 0.0619 e. The van der Waals surface area contributed by atoms with Gasteiger partial charge in [0.1, 0.15) is 0 Å². The average molecular weight is 1220 g/mol. The van der Waals surface area contributed by atoms with Crippen molar-refractivity contribution in [2.45, 2.75) is 66.2 Å². The second kappa shape index (κ2) is 20.2. The molecular formula is C96H66. The van der Waals surface area contributed by atoms with Crippen LogP contribution in [0, 0.1) is 27.7 Å². The lowest BCUT2D eigenvalue weighted by atomic mass is 9.73. The molecule has 0 aromatic heterocycles. The Kier molecular flexibility index (Phi) is 11.4. The van der Waals surface area contributed by atoms with Crippen molar-refractivity contribution >= 4 is 21.5 Å². The van der Waals surface area contributed by atoms with Crippen LogP contribution in [0.2, 0.25) is 0 Å². The van der Waals surface area contributed by atoms with Crippen molar-refractivity contribution in [1.29, 1.82) is 0 Å². The lowest BCUT2D eigenvalue weighted by Crippen LogP contribution is -2.05. The first-order valence-corrected chi connectivity index (χ1v) is 34.6. The molecule has 0 bridgehead atoms. The van der Waals surface area contributed by atoms with E-state index in [1.807, 2.05) is 0 Å². The van der Waals surface area contributed by atoms with Gasteiger partial charge in [0.05, 0.1) is 0 Å². The van der Waals surface area contributed by atoms with Crippen LogP contribution in [0.15, 0.2) is 255 Å². The molecule has 6 aliphatic rings. The molecule has 0 atom stereocenters. The standard InChI is InChI=1S/C96H66/c1-53-87(63-29-35-81-69(47-63)41-57-17-5-11-23-75(57)81)88(64-30-36-82-70(48-64)42-58-18-6-12-24-76(58)82)54(2)92-91(53)95(67-33-39-85-73(51-67)45-61-21-9-15-27-79(61)85)93-55(3)89(65-31-37-83-71(49-65)43-59-19-7-13-25-77(59)83)90(66-32-38-84-72(50-66)44-60-20-8-14-26-78(60)84)56(4)94(93)96(92)68-34-40-86-74(52-68)46-62-22-10-16-28-80(62)86/h5-40,47-52H,41-46H2,1-4H3. The third-order valence-electron chi connectivity index (χ3n) is 23.5. The van der Waals surface area contributed by atoms with E-state index in [9.17, 15) is 0 Å². The van der Waals surface area contributed by atoms with Gasteiger partial charge in [0, 0.05) is 0 Å². The molecule has 6 aliphatic carbocycles. The quantitative estimate of drug-likeness (QED) is 0.146. The van der Waals surface area contributed by atoms with Gasteiger partial charge in [0.2, 0.25) is 0 Å². The molecule has 96 heavy (non-hydrogen) atoms. The SMILES string of the molecule is Cc1c(-c2ccc3c(c2)Cc2ccccc2-3)c(-c2ccc3c(c2)Cc2ccccc2-3)c(C)c2c(-c3ccc4c(c3)Cc3ccccc3-4)c3c(C)c(-c4ccc5c(c4)Cc4ccccc4-5)c(-c4ccc5c(c4)Cc4ccccc4-5)c(C)c3c(-c3ccc4c(c3)Cc3ccccc3-4)c12. The van der Waals surface area contributed by atoms with Gasteiger partial charge < -0.3 is 0 Å². The molecule has 0 N–H and O–H groups in total. The van der Waals surface area contributed by atoms with Crippen LogP contribution in [0.4, 0.5) is 0 Å². The van der Waals surface area contributed by atoms with Crippen molar-refractivity contribution in [3.63, 3.8) is 0 Å². The molecule has 0 heteroatoms. The third kappa shape index (κ3) is 7.67. The van der Waals surface area contributed by atoms with E-state index in [0.717, 1.165) is 38.5 Å². The second-order valence-corrected chi connectivity index (χ2v) is 28.5. The molecule has 0 saturated heterocycles. The minimum atomic E-state index is 0.908. The van der Waals surface area contributed by atoms with Gasteiger partial charge in [-0.25, -0.2) is 0 Å². The molecule has 0 aliphatic heterocycles. The van der Waals surface area contributed by atoms with E-state index in [1.165, 1.54) is 244 Å². The number of aryl methyl sites for hydroxylation is 4. The Morgan fingerprint density at radius 1 is 0.156 bits per heavy atom. The molecule has 0 spiro atoms. The molecular weight excluding hydrogens is 1150 g/mol. The fraction of sp³-hybridized carbons (Fsp3) is 0.104. The predicted octanol–water partition coefficient (Wildman–Crippen LogP) is 24.7. The second-order valence-electron chi connectivity index (χ2n) is 28.5. The van der Waals surface area contributed by atoms with E-state index in [1.54, 1.807) is 0 Å².